The summed E-state index contributed by atoms with van der Waals surface area (Å²) < 4.78 is 0. The molecule has 112 valence electrons. The molecule has 1 aromatic carbocycles. The maximum atomic E-state index is 12.2. The van der Waals surface area contributed by atoms with Gasteiger partial charge in [0.2, 0.25) is 5.91 Å². The Kier molecular flexibility index (Phi) is 4.06. The summed E-state index contributed by atoms with van der Waals surface area (Å²) >= 11 is 0. The van der Waals surface area contributed by atoms with E-state index in [0.29, 0.717) is 18.0 Å². The Morgan fingerprint density at radius 3 is 2.48 bits per heavy atom. The third kappa shape index (κ3) is 3.32. The minimum Gasteiger partial charge on any atom is -0.341 e. The maximum Gasteiger partial charge on any atom is 0.223 e. The van der Waals surface area contributed by atoms with E-state index < -0.39 is 0 Å². The number of carbonyl (C=O) groups is 2. The van der Waals surface area contributed by atoms with Crippen LogP contribution in [-0.4, -0.2) is 35.7 Å². The number of likely N-dealkylation sites (tertiary alicyclic amines) is 1. The first-order chi connectivity index (χ1) is 10.1. The van der Waals surface area contributed by atoms with Gasteiger partial charge in [-0.15, -0.1) is 0 Å². The molecule has 4 nitrogen and oxygen atoms in total. The summed E-state index contributed by atoms with van der Waals surface area (Å²) in [7, 11) is 0. The van der Waals surface area contributed by atoms with Crippen LogP contribution in [0, 0.1) is 11.8 Å². The van der Waals surface area contributed by atoms with E-state index in [4.69, 9.17) is 5.73 Å². The molecule has 1 saturated carbocycles. The summed E-state index contributed by atoms with van der Waals surface area (Å²) in [5.74, 6) is 1.30. The molecule has 1 amide bonds. The van der Waals surface area contributed by atoms with Crippen LogP contribution >= 0.6 is 0 Å². The van der Waals surface area contributed by atoms with Crippen molar-refractivity contribution >= 4 is 11.7 Å². The normalized spacial score (nSPS) is 25.1. The lowest BCUT2D eigenvalue weighted by Crippen LogP contribution is -2.32. The predicted octanol–water partition coefficient (Wildman–Crippen LogP) is 1.85. The number of rotatable bonds is 5. The summed E-state index contributed by atoms with van der Waals surface area (Å²) in [5, 5.41) is 0. The zero-order valence-corrected chi connectivity index (χ0v) is 12.2. The second kappa shape index (κ2) is 5.98. The van der Waals surface area contributed by atoms with Gasteiger partial charge in [0.1, 0.15) is 0 Å². The molecule has 0 bridgehead atoms. The van der Waals surface area contributed by atoms with E-state index >= 15 is 0 Å². The molecule has 2 atom stereocenters. The number of benzene rings is 1. The number of hydrogen-bond acceptors (Lipinski definition) is 3. The van der Waals surface area contributed by atoms with E-state index in [1.54, 1.807) is 12.1 Å². The molecule has 2 fully saturated rings. The SMILES string of the molecule is N[C@@H]1CN(C(=O)CCC(=O)c2ccccc2)C[C@H]1C1CC1. The second-order valence-electron chi connectivity index (χ2n) is 6.25. The van der Waals surface area contributed by atoms with E-state index in [1.807, 2.05) is 23.1 Å². The minimum absolute atomic E-state index is 0.0335. The molecule has 1 saturated heterocycles. The van der Waals surface area contributed by atoms with Crippen molar-refractivity contribution in [2.75, 3.05) is 13.1 Å². The highest BCUT2D eigenvalue weighted by atomic mass is 16.2. The Morgan fingerprint density at radius 2 is 1.81 bits per heavy atom. The highest BCUT2D eigenvalue weighted by Crippen LogP contribution is 2.40. The largest absolute Gasteiger partial charge is 0.341 e. The summed E-state index contributed by atoms with van der Waals surface area (Å²) in [6.07, 6.45) is 3.08. The quantitative estimate of drug-likeness (QED) is 0.840. The number of nitrogens with two attached hydrogens (primary N) is 1. The van der Waals surface area contributed by atoms with Crippen molar-refractivity contribution in [2.45, 2.75) is 31.7 Å². The van der Waals surface area contributed by atoms with E-state index in [2.05, 4.69) is 0 Å². The first-order valence-corrected chi connectivity index (χ1v) is 7.77. The van der Waals surface area contributed by atoms with Gasteiger partial charge >= 0.3 is 0 Å². The molecule has 1 aliphatic carbocycles. The zero-order valence-electron chi connectivity index (χ0n) is 12.2. The van der Waals surface area contributed by atoms with Crippen molar-refractivity contribution in [2.24, 2.45) is 17.6 Å². The fraction of sp³-hybridized carbons (Fsp3) is 0.529. The Morgan fingerprint density at radius 1 is 1.10 bits per heavy atom. The number of nitrogens with zero attached hydrogens (tertiary/aromatic N) is 1. The van der Waals surface area contributed by atoms with Gasteiger partial charge in [0.25, 0.3) is 0 Å². The molecule has 0 unspecified atom stereocenters. The van der Waals surface area contributed by atoms with Crippen molar-refractivity contribution in [1.29, 1.82) is 0 Å². The summed E-state index contributed by atoms with van der Waals surface area (Å²) in [6.45, 7) is 1.43. The van der Waals surface area contributed by atoms with Crippen molar-refractivity contribution in [3.8, 4) is 0 Å². The number of Topliss-reactive ketones (excluding diaryl/α,β-unsaturated/α-hetero) is 1. The van der Waals surface area contributed by atoms with Gasteiger partial charge < -0.3 is 10.6 Å². The van der Waals surface area contributed by atoms with Gasteiger partial charge in [-0.2, -0.15) is 0 Å². The fourth-order valence-corrected chi connectivity index (χ4v) is 3.23. The van der Waals surface area contributed by atoms with E-state index in [-0.39, 0.29) is 30.6 Å². The monoisotopic (exact) mass is 286 g/mol. The van der Waals surface area contributed by atoms with Crippen LogP contribution in [0.5, 0.6) is 0 Å². The molecule has 21 heavy (non-hydrogen) atoms. The summed E-state index contributed by atoms with van der Waals surface area (Å²) in [5.41, 5.74) is 6.81. The molecule has 0 radical (unpaired) electrons. The Bertz CT molecular complexity index is 525. The van der Waals surface area contributed by atoms with Crippen molar-refractivity contribution in [3.05, 3.63) is 35.9 Å². The lowest BCUT2D eigenvalue weighted by Gasteiger charge is -2.16. The molecule has 2 aliphatic rings. The molecule has 0 aromatic heterocycles. The predicted molar refractivity (Wildman–Crippen MR) is 80.8 cm³/mol. The van der Waals surface area contributed by atoms with Gasteiger partial charge in [0, 0.05) is 37.5 Å². The molecular formula is C17H22N2O2. The molecule has 1 heterocycles. The third-order valence-electron chi connectivity index (χ3n) is 4.65. The highest BCUT2D eigenvalue weighted by Gasteiger charge is 2.41. The number of hydrogen-bond donors (Lipinski definition) is 1. The van der Waals surface area contributed by atoms with Gasteiger partial charge in [0.05, 0.1) is 0 Å². The topological polar surface area (TPSA) is 63.4 Å². The van der Waals surface area contributed by atoms with Crippen molar-refractivity contribution in [3.63, 3.8) is 0 Å². The number of carbonyl (C=O) groups excluding carboxylic acids is 2. The molecule has 3 rings (SSSR count). The molecule has 4 heteroatoms. The van der Waals surface area contributed by atoms with Gasteiger partial charge in [-0.25, -0.2) is 0 Å². The van der Waals surface area contributed by atoms with Gasteiger partial charge in [-0.1, -0.05) is 30.3 Å². The van der Waals surface area contributed by atoms with Crippen molar-refractivity contribution < 1.29 is 9.59 Å². The Balaban J connectivity index is 1.49. The van der Waals surface area contributed by atoms with Crippen LogP contribution in [0.1, 0.15) is 36.0 Å². The summed E-state index contributed by atoms with van der Waals surface area (Å²) in [6, 6.07) is 9.27. The average molecular weight is 286 g/mol. The minimum atomic E-state index is 0.0335. The smallest absolute Gasteiger partial charge is 0.223 e. The van der Waals surface area contributed by atoms with Crippen LogP contribution in [0.3, 0.4) is 0 Å². The van der Waals surface area contributed by atoms with Crippen LogP contribution in [0.15, 0.2) is 30.3 Å². The maximum absolute atomic E-state index is 12.2. The first kappa shape index (κ1) is 14.3. The molecule has 1 aliphatic heterocycles. The molecule has 2 N–H and O–H groups in total. The molecule has 1 aromatic rings. The van der Waals surface area contributed by atoms with Gasteiger partial charge in [-0.3, -0.25) is 9.59 Å². The van der Waals surface area contributed by atoms with Crippen LogP contribution in [-0.2, 0) is 4.79 Å². The third-order valence-corrected chi connectivity index (χ3v) is 4.65. The lowest BCUT2D eigenvalue weighted by molar-refractivity contribution is -0.130. The summed E-state index contributed by atoms with van der Waals surface area (Å²) in [4.78, 5) is 26.1. The molecule has 0 spiro atoms. The average Bonchev–Trinajstić information content (AvgIpc) is 3.28. The first-order valence-electron chi connectivity index (χ1n) is 7.77. The van der Waals surface area contributed by atoms with Crippen LogP contribution in [0.4, 0.5) is 0 Å². The van der Waals surface area contributed by atoms with E-state index in [0.717, 1.165) is 12.5 Å². The van der Waals surface area contributed by atoms with Gasteiger partial charge in [-0.05, 0) is 24.7 Å². The highest BCUT2D eigenvalue weighted by molar-refractivity contribution is 5.97. The zero-order chi connectivity index (χ0) is 14.8. The van der Waals surface area contributed by atoms with Gasteiger partial charge in [0.15, 0.2) is 5.78 Å². The Hall–Kier alpha value is -1.68. The van der Waals surface area contributed by atoms with Crippen LogP contribution in [0.25, 0.3) is 0 Å². The van der Waals surface area contributed by atoms with Crippen LogP contribution < -0.4 is 5.73 Å². The van der Waals surface area contributed by atoms with Crippen LogP contribution in [0.2, 0.25) is 0 Å². The molecular weight excluding hydrogens is 264 g/mol. The Labute approximate surface area is 125 Å². The van der Waals surface area contributed by atoms with Crippen molar-refractivity contribution in [1.82, 2.24) is 4.90 Å². The number of amides is 1. The fourth-order valence-electron chi connectivity index (χ4n) is 3.23. The van der Waals surface area contributed by atoms with E-state index in [9.17, 15) is 9.59 Å². The lowest BCUT2D eigenvalue weighted by atomic mass is 9.99. The standard InChI is InChI=1S/C17H22N2O2/c18-15-11-19(10-14(15)12-6-7-12)17(21)9-8-16(20)13-4-2-1-3-5-13/h1-5,12,14-15H,6-11,18H2/t14-,15+/m0/s1. The number of ketones is 1. The van der Waals surface area contributed by atoms with E-state index in [1.165, 1.54) is 12.8 Å². The second-order valence-corrected chi connectivity index (χ2v) is 6.25.